The second-order valence-corrected chi connectivity index (χ2v) is 8.54. The molecular formula is C20H34N4O. The molecule has 0 saturated carbocycles. The summed E-state index contributed by atoms with van der Waals surface area (Å²) in [4.78, 5) is 15.3. The highest BCUT2D eigenvalue weighted by Crippen LogP contribution is 2.30. The van der Waals surface area contributed by atoms with Crippen molar-refractivity contribution in [3.63, 3.8) is 0 Å². The number of nitrogens with one attached hydrogen (secondary N) is 1. The van der Waals surface area contributed by atoms with E-state index >= 15 is 0 Å². The van der Waals surface area contributed by atoms with Crippen LogP contribution < -0.4 is 5.32 Å². The summed E-state index contributed by atoms with van der Waals surface area (Å²) >= 11 is 0. The van der Waals surface area contributed by atoms with Crippen LogP contribution >= 0.6 is 0 Å². The smallest absolute Gasteiger partial charge is 0.223 e. The molecule has 1 aliphatic heterocycles. The third kappa shape index (κ3) is 4.43. The Kier molecular flexibility index (Phi) is 5.82. The van der Waals surface area contributed by atoms with Crippen molar-refractivity contribution in [3.05, 3.63) is 17.5 Å². The zero-order valence-electron chi connectivity index (χ0n) is 16.3. The predicted molar refractivity (Wildman–Crippen MR) is 100 cm³/mol. The molecule has 1 aromatic heterocycles. The monoisotopic (exact) mass is 346 g/mol. The van der Waals surface area contributed by atoms with Crippen LogP contribution in [0.5, 0.6) is 0 Å². The number of likely N-dealkylation sites (tertiary alicyclic amines) is 1. The fourth-order valence-corrected chi connectivity index (χ4v) is 4.15. The van der Waals surface area contributed by atoms with E-state index in [2.05, 4.69) is 44.1 Å². The van der Waals surface area contributed by atoms with Gasteiger partial charge in [-0.15, -0.1) is 0 Å². The molecular weight excluding hydrogens is 312 g/mol. The molecule has 5 heteroatoms. The van der Waals surface area contributed by atoms with Gasteiger partial charge in [-0.2, -0.15) is 5.10 Å². The van der Waals surface area contributed by atoms with Crippen LogP contribution in [0, 0.1) is 11.8 Å². The van der Waals surface area contributed by atoms with Crippen molar-refractivity contribution in [2.75, 3.05) is 19.6 Å². The third-order valence-corrected chi connectivity index (χ3v) is 5.54. The number of rotatable bonds is 5. The van der Waals surface area contributed by atoms with E-state index < -0.39 is 0 Å². The summed E-state index contributed by atoms with van der Waals surface area (Å²) in [7, 11) is 0. The van der Waals surface area contributed by atoms with Crippen molar-refractivity contribution in [2.24, 2.45) is 11.8 Å². The molecule has 2 aliphatic rings. The molecule has 1 N–H and O–H groups in total. The number of hydrogen-bond donors (Lipinski definition) is 1. The number of hydrogen-bond acceptors (Lipinski definition) is 3. The van der Waals surface area contributed by atoms with Gasteiger partial charge in [0, 0.05) is 24.7 Å². The van der Waals surface area contributed by atoms with Crippen LogP contribution in [-0.4, -0.2) is 40.2 Å². The third-order valence-electron chi connectivity index (χ3n) is 5.54. The van der Waals surface area contributed by atoms with Crippen LogP contribution in [0.4, 0.5) is 0 Å². The van der Waals surface area contributed by atoms with E-state index in [0.29, 0.717) is 12.0 Å². The number of amides is 1. The molecule has 2 heterocycles. The fourth-order valence-electron chi connectivity index (χ4n) is 4.15. The first kappa shape index (κ1) is 18.4. The first-order valence-corrected chi connectivity index (χ1v) is 10.0. The molecule has 1 aromatic rings. The van der Waals surface area contributed by atoms with Crippen molar-refractivity contribution in [3.8, 4) is 0 Å². The Bertz CT molecular complexity index is 585. The maximum atomic E-state index is 12.8. The molecule has 1 saturated heterocycles. The number of carbonyl (C=O) groups excluding carboxylic acids is 1. The van der Waals surface area contributed by atoms with Gasteiger partial charge in [0.05, 0.1) is 11.7 Å². The minimum absolute atomic E-state index is 0.102. The van der Waals surface area contributed by atoms with E-state index in [-0.39, 0.29) is 17.9 Å². The average Bonchev–Trinajstić information content (AvgIpc) is 3.00. The van der Waals surface area contributed by atoms with E-state index in [9.17, 15) is 4.79 Å². The van der Waals surface area contributed by atoms with Crippen molar-refractivity contribution < 1.29 is 4.79 Å². The van der Waals surface area contributed by atoms with Crippen molar-refractivity contribution in [1.29, 1.82) is 0 Å². The highest BCUT2D eigenvalue weighted by molar-refractivity contribution is 5.79. The SMILES string of the molecule is CC(C)CN1CCC(C(=O)N[C@@H]2CCCc3cn(C(C)C)nc32)CC1. The fraction of sp³-hybridized carbons (Fsp3) is 0.800. The second kappa shape index (κ2) is 7.90. The molecule has 0 bridgehead atoms. The highest BCUT2D eigenvalue weighted by atomic mass is 16.2. The molecule has 1 fully saturated rings. The summed E-state index contributed by atoms with van der Waals surface area (Å²) in [6.07, 6.45) is 7.37. The molecule has 0 radical (unpaired) electrons. The summed E-state index contributed by atoms with van der Waals surface area (Å²) in [6, 6.07) is 0.470. The van der Waals surface area contributed by atoms with Crippen LogP contribution in [0.2, 0.25) is 0 Å². The normalized spacial score (nSPS) is 22.4. The molecule has 1 aliphatic carbocycles. The van der Waals surface area contributed by atoms with Crippen molar-refractivity contribution in [1.82, 2.24) is 20.0 Å². The Morgan fingerprint density at radius 1 is 1.24 bits per heavy atom. The first-order chi connectivity index (χ1) is 11.9. The Balaban J connectivity index is 1.58. The lowest BCUT2D eigenvalue weighted by atomic mass is 9.91. The maximum absolute atomic E-state index is 12.8. The molecule has 5 nitrogen and oxygen atoms in total. The lowest BCUT2D eigenvalue weighted by molar-refractivity contribution is -0.127. The van der Waals surface area contributed by atoms with Crippen LogP contribution in [0.25, 0.3) is 0 Å². The lowest BCUT2D eigenvalue weighted by Crippen LogP contribution is -2.43. The van der Waals surface area contributed by atoms with Gasteiger partial charge in [-0.25, -0.2) is 0 Å². The first-order valence-electron chi connectivity index (χ1n) is 10.0. The number of carbonyl (C=O) groups is 1. The van der Waals surface area contributed by atoms with Crippen molar-refractivity contribution >= 4 is 5.91 Å². The van der Waals surface area contributed by atoms with Gasteiger partial charge in [0.15, 0.2) is 0 Å². The van der Waals surface area contributed by atoms with E-state index in [4.69, 9.17) is 5.10 Å². The Morgan fingerprint density at radius 2 is 1.96 bits per heavy atom. The summed E-state index contributed by atoms with van der Waals surface area (Å²) < 4.78 is 2.04. The van der Waals surface area contributed by atoms with Gasteiger partial charge in [0.2, 0.25) is 5.91 Å². The highest BCUT2D eigenvalue weighted by Gasteiger charge is 2.30. The summed E-state index contributed by atoms with van der Waals surface area (Å²) in [5, 5.41) is 8.09. The maximum Gasteiger partial charge on any atom is 0.223 e. The number of aromatic nitrogens is 2. The Morgan fingerprint density at radius 3 is 2.60 bits per heavy atom. The number of fused-ring (bicyclic) bond motifs is 1. The van der Waals surface area contributed by atoms with Gasteiger partial charge < -0.3 is 10.2 Å². The van der Waals surface area contributed by atoms with Crippen LogP contribution in [0.3, 0.4) is 0 Å². The van der Waals surface area contributed by atoms with Gasteiger partial charge in [0.25, 0.3) is 0 Å². The van der Waals surface area contributed by atoms with Gasteiger partial charge in [-0.1, -0.05) is 13.8 Å². The number of aryl methyl sites for hydroxylation is 1. The van der Waals surface area contributed by atoms with E-state index in [1.165, 1.54) is 5.56 Å². The average molecular weight is 347 g/mol. The summed E-state index contributed by atoms with van der Waals surface area (Å²) in [5.74, 6) is 1.10. The van der Waals surface area contributed by atoms with Gasteiger partial charge in [-0.05, 0) is 70.5 Å². The van der Waals surface area contributed by atoms with E-state index in [0.717, 1.165) is 57.4 Å². The van der Waals surface area contributed by atoms with Gasteiger partial charge >= 0.3 is 0 Å². The zero-order chi connectivity index (χ0) is 18.0. The summed E-state index contributed by atoms with van der Waals surface area (Å²) in [5.41, 5.74) is 2.42. The molecule has 1 atom stereocenters. The van der Waals surface area contributed by atoms with Crippen LogP contribution in [0.15, 0.2) is 6.20 Å². The summed E-state index contributed by atoms with van der Waals surface area (Å²) in [6.45, 7) is 12.1. The number of piperidine rings is 1. The molecule has 0 aromatic carbocycles. The van der Waals surface area contributed by atoms with Gasteiger partial charge in [-0.3, -0.25) is 9.48 Å². The quantitative estimate of drug-likeness (QED) is 0.890. The minimum Gasteiger partial charge on any atom is -0.347 e. The van der Waals surface area contributed by atoms with Gasteiger partial charge in [0.1, 0.15) is 0 Å². The molecule has 25 heavy (non-hydrogen) atoms. The van der Waals surface area contributed by atoms with E-state index in [1.54, 1.807) is 0 Å². The predicted octanol–water partition coefficient (Wildman–Crippen LogP) is 3.33. The lowest BCUT2D eigenvalue weighted by Gasteiger charge is -2.33. The Labute approximate surface area is 152 Å². The standard InChI is InChI=1S/C20H34N4O/c1-14(2)12-23-10-8-16(9-11-23)20(25)21-18-7-5-6-17-13-24(15(3)4)22-19(17)18/h13-16,18H,5-12H2,1-4H3,(H,21,25)/t18-/m1/s1. The van der Waals surface area contributed by atoms with Crippen LogP contribution in [0.1, 0.15) is 76.7 Å². The van der Waals surface area contributed by atoms with E-state index in [1.807, 2.05) is 4.68 Å². The molecule has 1 amide bonds. The van der Waals surface area contributed by atoms with Crippen LogP contribution in [-0.2, 0) is 11.2 Å². The number of nitrogens with zero attached hydrogens (tertiary/aromatic N) is 3. The second-order valence-electron chi connectivity index (χ2n) is 8.54. The minimum atomic E-state index is 0.102. The van der Waals surface area contributed by atoms with Crippen molar-refractivity contribution in [2.45, 2.75) is 71.9 Å². The zero-order valence-corrected chi connectivity index (χ0v) is 16.3. The Hall–Kier alpha value is -1.36. The largest absolute Gasteiger partial charge is 0.347 e. The topological polar surface area (TPSA) is 50.2 Å². The molecule has 0 spiro atoms. The molecule has 3 rings (SSSR count). The molecule has 140 valence electrons. The molecule has 0 unspecified atom stereocenters.